The SMILES string of the molecule is COc1ccc(N2CCN(C(=O)C(C)N)CC2)cc1F. The zero-order valence-corrected chi connectivity index (χ0v) is 11.8. The molecular weight excluding hydrogens is 261 g/mol. The van der Waals surface area contributed by atoms with Crippen LogP contribution in [0.25, 0.3) is 0 Å². The van der Waals surface area contributed by atoms with Crippen molar-refractivity contribution in [1.82, 2.24) is 4.90 Å². The molecule has 0 aromatic heterocycles. The first-order valence-electron chi connectivity index (χ1n) is 6.65. The molecular formula is C14H20FN3O2. The van der Waals surface area contributed by atoms with Gasteiger partial charge in [-0.3, -0.25) is 4.79 Å². The summed E-state index contributed by atoms with van der Waals surface area (Å²) in [6.45, 7) is 4.24. The first kappa shape index (κ1) is 14.6. The Balaban J connectivity index is 2.00. The smallest absolute Gasteiger partial charge is 0.239 e. The fourth-order valence-corrected chi connectivity index (χ4v) is 2.33. The molecule has 1 fully saturated rings. The summed E-state index contributed by atoms with van der Waals surface area (Å²) in [6.07, 6.45) is 0. The summed E-state index contributed by atoms with van der Waals surface area (Å²) in [7, 11) is 1.44. The molecule has 1 aromatic carbocycles. The number of nitrogens with two attached hydrogens (primary N) is 1. The summed E-state index contributed by atoms with van der Waals surface area (Å²) in [5, 5.41) is 0. The lowest BCUT2D eigenvalue weighted by Gasteiger charge is -2.36. The molecule has 1 unspecified atom stereocenters. The van der Waals surface area contributed by atoms with Crippen molar-refractivity contribution in [2.45, 2.75) is 13.0 Å². The Labute approximate surface area is 118 Å². The Hall–Kier alpha value is -1.82. The lowest BCUT2D eigenvalue weighted by Crippen LogP contribution is -2.52. The van der Waals surface area contributed by atoms with Gasteiger partial charge in [0, 0.05) is 37.9 Å². The van der Waals surface area contributed by atoms with E-state index < -0.39 is 6.04 Å². The predicted molar refractivity (Wildman–Crippen MR) is 75.4 cm³/mol. The molecule has 0 aliphatic carbocycles. The van der Waals surface area contributed by atoms with E-state index in [2.05, 4.69) is 0 Å². The first-order valence-corrected chi connectivity index (χ1v) is 6.65. The van der Waals surface area contributed by atoms with E-state index in [9.17, 15) is 9.18 Å². The molecule has 0 spiro atoms. The molecule has 110 valence electrons. The lowest BCUT2D eigenvalue weighted by atomic mass is 10.2. The van der Waals surface area contributed by atoms with Crippen molar-refractivity contribution < 1.29 is 13.9 Å². The topological polar surface area (TPSA) is 58.8 Å². The van der Waals surface area contributed by atoms with Crippen molar-refractivity contribution in [3.8, 4) is 5.75 Å². The minimum Gasteiger partial charge on any atom is -0.494 e. The lowest BCUT2D eigenvalue weighted by molar-refractivity contribution is -0.132. The molecule has 0 radical (unpaired) electrons. The molecule has 5 nitrogen and oxygen atoms in total. The van der Waals surface area contributed by atoms with Gasteiger partial charge in [0.05, 0.1) is 13.2 Å². The molecule has 0 bridgehead atoms. The average molecular weight is 281 g/mol. The maximum absolute atomic E-state index is 13.7. The van der Waals surface area contributed by atoms with Gasteiger partial charge in [0.25, 0.3) is 0 Å². The number of halogens is 1. The number of amides is 1. The number of rotatable bonds is 3. The van der Waals surface area contributed by atoms with Gasteiger partial charge in [-0.15, -0.1) is 0 Å². The quantitative estimate of drug-likeness (QED) is 0.891. The number of methoxy groups -OCH3 is 1. The van der Waals surface area contributed by atoms with E-state index in [0.717, 1.165) is 5.69 Å². The monoisotopic (exact) mass is 281 g/mol. The second-order valence-corrected chi connectivity index (χ2v) is 4.92. The van der Waals surface area contributed by atoms with Crippen LogP contribution in [0.4, 0.5) is 10.1 Å². The van der Waals surface area contributed by atoms with Gasteiger partial charge < -0.3 is 20.3 Å². The van der Waals surface area contributed by atoms with Gasteiger partial charge in [0.2, 0.25) is 5.91 Å². The van der Waals surface area contributed by atoms with Gasteiger partial charge in [-0.2, -0.15) is 0 Å². The van der Waals surface area contributed by atoms with Crippen molar-refractivity contribution in [3.63, 3.8) is 0 Å². The normalized spacial score (nSPS) is 17.0. The van der Waals surface area contributed by atoms with Crippen LogP contribution >= 0.6 is 0 Å². The molecule has 1 saturated heterocycles. The number of anilines is 1. The Bertz CT molecular complexity index is 485. The molecule has 1 aliphatic heterocycles. The van der Waals surface area contributed by atoms with E-state index >= 15 is 0 Å². The fraction of sp³-hybridized carbons (Fsp3) is 0.500. The molecule has 1 amide bonds. The minimum atomic E-state index is -0.472. The fourth-order valence-electron chi connectivity index (χ4n) is 2.33. The van der Waals surface area contributed by atoms with Crippen molar-refractivity contribution in [2.24, 2.45) is 5.73 Å². The molecule has 20 heavy (non-hydrogen) atoms. The number of piperazine rings is 1. The third kappa shape index (κ3) is 3.01. The van der Waals surface area contributed by atoms with Crippen LogP contribution in [0.3, 0.4) is 0 Å². The number of carbonyl (C=O) groups is 1. The standard InChI is InChI=1S/C14H20FN3O2/c1-10(16)14(19)18-7-5-17(6-8-18)11-3-4-13(20-2)12(15)9-11/h3-4,9-10H,5-8,16H2,1-2H3. The molecule has 0 saturated carbocycles. The molecule has 1 aliphatic rings. The van der Waals surface area contributed by atoms with Crippen LogP contribution in [-0.4, -0.2) is 50.1 Å². The van der Waals surface area contributed by atoms with Crippen LogP contribution in [0.2, 0.25) is 0 Å². The van der Waals surface area contributed by atoms with Gasteiger partial charge in [-0.25, -0.2) is 4.39 Å². The van der Waals surface area contributed by atoms with Gasteiger partial charge in [0.15, 0.2) is 11.6 Å². The number of hydrogen-bond donors (Lipinski definition) is 1. The summed E-state index contributed by atoms with van der Waals surface area (Å²) < 4.78 is 18.6. The molecule has 1 aromatic rings. The van der Waals surface area contributed by atoms with E-state index in [0.29, 0.717) is 26.2 Å². The molecule has 6 heteroatoms. The highest BCUT2D eigenvalue weighted by atomic mass is 19.1. The highest BCUT2D eigenvalue weighted by molar-refractivity contribution is 5.81. The summed E-state index contributed by atoms with van der Waals surface area (Å²) in [5.41, 5.74) is 6.40. The zero-order chi connectivity index (χ0) is 14.7. The first-order chi connectivity index (χ1) is 9.52. The Morgan fingerprint density at radius 1 is 1.35 bits per heavy atom. The largest absolute Gasteiger partial charge is 0.494 e. The van der Waals surface area contributed by atoms with Crippen LogP contribution in [-0.2, 0) is 4.79 Å². The van der Waals surface area contributed by atoms with Crippen LogP contribution in [0.15, 0.2) is 18.2 Å². The van der Waals surface area contributed by atoms with E-state index in [1.165, 1.54) is 13.2 Å². The summed E-state index contributed by atoms with van der Waals surface area (Å²) >= 11 is 0. The third-order valence-corrected chi connectivity index (χ3v) is 3.48. The number of ether oxygens (including phenoxy) is 1. The number of benzene rings is 1. The highest BCUT2D eigenvalue weighted by Crippen LogP contribution is 2.24. The maximum atomic E-state index is 13.7. The van der Waals surface area contributed by atoms with E-state index in [4.69, 9.17) is 10.5 Å². The van der Waals surface area contributed by atoms with Gasteiger partial charge in [-0.1, -0.05) is 0 Å². The Kier molecular flexibility index (Phi) is 4.44. The van der Waals surface area contributed by atoms with Gasteiger partial charge in [-0.05, 0) is 19.1 Å². The maximum Gasteiger partial charge on any atom is 0.239 e. The van der Waals surface area contributed by atoms with Crippen LogP contribution < -0.4 is 15.4 Å². The van der Waals surface area contributed by atoms with Crippen molar-refractivity contribution >= 4 is 11.6 Å². The van der Waals surface area contributed by atoms with Crippen LogP contribution in [0.5, 0.6) is 5.75 Å². The molecule has 2 rings (SSSR count). The van der Waals surface area contributed by atoms with Gasteiger partial charge in [0.1, 0.15) is 0 Å². The zero-order valence-electron chi connectivity index (χ0n) is 11.8. The second-order valence-electron chi connectivity index (χ2n) is 4.92. The van der Waals surface area contributed by atoms with E-state index in [-0.39, 0.29) is 17.5 Å². The van der Waals surface area contributed by atoms with Crippen molar-refractivity contribution in [1.29, 1.82) is 0 Å². The summed E-state index contributed by atoms with van der Waals surface area (Å²) in [5.74, 6) is -0.177. The molecule has 1 heterocycles. The third-order valence-electron chi connectivity index (χ3n) is 3.48. The van der Waals surface area contributed by atoms with Gasteiger partial charge >= 0.3 is 0 Å². The average Bonchev–Trinajstić information content (AvgIpc) is 2.46. The van der Waals surface area contributed by atoms with Crippen molar-refractivity contribution in [2.75, 3.05) is 38.2 Å². The second kappa shape index (κ2) is 6.09. The predicted octanol–water partition coefficient (Wildman–Crippen LogP) is 0.830. The number of carbonyl (C=O) groups excluding carboxylic acids is 1. The van der Waals surface area contributed by atoms with E-state index in [1.807, 2.05) is 11.0 Å². The Morgan fingerprint density at radius 3 is 2.50 bits per heavy atom. The van der Waals surface area contributed by atoms with E-state index in [1.54, 1.807) is 17.9 Å². The molecule has 2 N–H and O–H groups in total. The highest BCUT2D eigenvalue weighted by Gasteiger charge is 2.23. The minimum absolute atomic E-state index is 0.0365. The Morgan fingerprint density at radius 2 is 2.00 bits per heavy atom. The summed E-state index contributed by atoms with van der Waals surface area (Å²) in [6, 6.07) is 4.43. The summed E-state index contributed by atoms with van der Waals surface area (Å²) in [4.78, 5) is 15.6. The van der Waals surface area contributed by atoms with Crippen LogP contribution in [0, 0.1) is 5.82 Å². The van der Waals surface area contributed by atoms with Crippen LogP contribution in [0.1, 0.15) is 6.92 Å². The van der Waals surface area contributed by atoms with Crippen molar-refractivity contribution in [3.05, 3.63) is 24.0 Å². The number of hydrogen-bond acceptors (Lipinski definition) is 4. The molecule has 1 atom stereocenters. The number of nitrogens with zero attached hydrogens (tertiary/aromatic N) is 2.